The predicted molar refractivity (Wildman–Crippen MR) is 42.3 cm³/mol. The van der Waals surface area contributed by atoms with Crippen LogP contribution in [0.4, 0.5) is 0 Å². The molecule has 0 amide bonds. The van der Waals surface area contributed by atoms with Crippen molar-refractivity contribution >= 4 is 5.97 Å². The number of aliphatic carboxylic acids is 1. The normalized spacial score (nSPS) is 12.5. The Balaban J connectivity index is 3.44. The molecule has 1 atom stereocenters. The van der Waals surface area contributed by atoms with E-state index >= 15 is 0 Å². The fourth-order valence-corrected chi connectivity index (χ4v) is 0.717. The van der Waals surface area contributed by atoms with Gasteiger partial charge in [0.1, 0.15) is 0 Å². The first-order valence-corrected chi connectivity index (χ1v) is 3.56. The van der Waals surface area contributed by atoms with Gasteiger partial charge in [0, 0.05) is 0 Å². The standard InChI is InChI=1S/C8H14O3/c1-6(2)3-4-7(9)5-8(10)11/h7,9H,1,3-5H2,2H3,(H,10,11)/t7-/m1/s1. The van der Waals surface area contributed by atoms with Crippen LogP contribution >= 0.6 is 0 Å². The van der Waals surface area contributed by atoms with Gasteiger partial charge < -0.3 is 10.2 Å². The Hall–Kier alpha value is -0.830. The molecular formula is C8H14O3. The van der Waals surface area contributed by atoms with Crippen LogP contribution in [-0.2, 0) is 4.79 Å². The molecule has 0 radical (unpaired) electrons. The summed E-state index contributed by atoms with van der Waals surface area (Å²) in [4.78, 5) is 10.1. The topological polar surface area (TPSA) is 57.5 Å². The molecule has 0 aromatic heterocycles. The largest absolute Gasteiger partial charge is 0.481 e. The third-order valence-corrected chi connectivity index (χ3v) is 1.31. The highest BCUT2D eigenvalue weighted by Gasteiger charge is 2.08. The van der Waals surface area contributed by atoms with Crippen LogP contribution in [0.2, 0.25) is 0 Å². The first-order chi connectivity index (χ1) is 5.02. The second kappa shape index (κ2) is 4.91. The molecule has 11 heavy (non-hydrogen) atoms. The average molecular weight is 158 g/mol. The average Bonchev–Trinajstić information content (AvgIpc) is 1.82. The zero-order valence-electron chi connectivity index (χ0n) is 6.71. The minimum absolute atomic E-state index is 0.173. The van der Waals surface area contributed by atoms with Crippen molar-refractivity contribution in [1.29, 1.82) is 0 Å². The lowest BCUT2D eigenvalue weighted by atomic mass is 10.1. The van der Waals surface area contributed by atoms with Crippen LogP contribution in [0.5, 0.6) is 0 Å². The van der Waals surface area contributed by atoms with Gasteiger partial charge in [-0.3, -0.25) is 4.79 Å². The monoisotopic (exact) mass is 158 g/mol. The van der Waals surface area contributed by atoms with Gasteiger partial charge in [0.15, 0.2) is 0 Å². The number of carbonyl (C=O) groups is 1. The molecule has 0 bridgehead atoms. The number of aliphatic hydroxyl groups excluding tert-OH is 1. The molecule has 3 heteroatoms. The molecule has 64 valence electrons. The number of aliphatic hydroxyl groups is 1. The molecule has 0 unspecified atom stereocenters. The van der Waals surface area contributed by atoms with Crippen LogP contribution < -0.4 is 0 Å². The van der Waals surface area contributed by atoms with Gasteiger partial charge in [0.25, 0.3) is 0 Å². The summed E-state index contributed by atoms with van der Waals surface area (Å²) in [5.74, 6) is -0.959. The fourth-order valence-electron chi connectivity index (χ4n) is 0.717. The summed E-state index contributed by atoms with van der Waals surface area (Å²) in [5, 5.41) is 17.3. The van der Waals surface area contributed by atoms with E-state index in [4.69, 9.17) is 10.2 Å². The number of rotatable bonds is 5. The second-order valence-corrected chi connectivity index (χ2v) is 2.75. The number of carboxylic acid groups (broad SMARTS) is 1. The minimum Gasteiger partial charge on any atom is -0.481 e. The Morgan fingerprint density at radius 2 is 2.18 bits per heavy atom. The Morgan fingerprint density at radius 3 is 2.55 bits per heavy atom. The van der Waals surface area contributed by atoms with E-state index in [0.717, 1.165) is 5.57 Å². The van der Waals surface area contributed by atoms with Crippen molar-refractivity contribution in [1.82, 2.24) is 0 Å². The first-order valence-electron chi connectivity index (χ1n) is 3.56. The van der Waals surface area contributed by atoms with Gasteiger partial charge in [-0.15, -0.1) is 6.58 Å². The second-order valence-electron chi connectivity index (χ2n) is 2.75. The van der Waals surface area contributed by atoms with Crippen molar-refractivity contribution in [3.05, 3.63) is 12.2 Å². The predicted octanol–water partition coefficient (Wildman–Crippen LogP) is 1.18. The highest BCUT2D eigenvalue weighted by atomic mass is 16.4. The van der Waals surface area contributed by atoms with E-state index in [-0.39, 0.29) is 6.42 Å². The molecule has 0 rings (SSSR count). The van der Waals surface area contributed by atoms with Crippen molar-refractivity contribution in [2.45, 2.75) is 32.3 Å². The molecule has 0 aliphatic rings. The SMILES string of the molecule is C=C(C)CC[C@@H](O)CC(=O)O. The quantitative estimate of drug-likeness (QED) is 0.590. The zero-order chi connectivity index (χ0) is 8.85. The maximum Gasteiger partial charge on any atom is 0.305 e. The molecule has 2 N–H and O–H groups in total. The summed E-state index contributed by atoms with van der Waals surface area (Å²) in [6, 6.07) is 0. The lowest BCUT2D eigenvalue weighted by Gasteiger charge is -2.06. The lowest BCUT2D eigenvalue weighted by molar-refractivity contribution is -0.139. The third-order valence-electron chi connectivity index (χ3n) is 1.31. The molecule has 0 aromatic carbocycles. The van der Waals surface area contributed by atoms with Gasteiger partial charge >= 0.3 is 5.97 Å². The summed E-state index contributed by atoms with van der Waals surface area (Å²) in [5.41, 5.74) is 0.967. The van der Waals surface area contributed by atoms with Crippen molar-refractivity contribution in [3.63, 3.8) is 0 Å². The summed E-state index contributed by atoms with van der Waals surface area (Å²) in [7, 11) is 0. The maximum absolute atomic E-state index is 10.1. The van der Waals surface area contributed by atoms with Crippen LogP contribution in [0, 0.1) is 0 Å². The van der Waals surface area contributed by atoms with Crippen LogP contribution in [0.25, 0.3) is 0 Å². The lowest BCUT2D eigenvalue weighted by Crippen LogP contribution is -2.12. The van der Waals surface area contributed by atoms with Crippen molar-refractivity contribution in [3.8, 4) is 0 Å². The van der Waals surface area contributed by atoms with E-state index in [2.05, 4.69) is 6.58 Å². The van der Waals surface area contributed by atoms with E-state index in [1.165, 1.54) is 0 Å². The van der Waals surface area contributed by atoms with E-state index in [0.29, 0.717) is 12.8 Å². The van der Waals surface area contributed by atoms with Crippen molar-refractivity contribution < 1.29 is 15.0 Å². The Labute approximate surface area is 66.4 Å². The number of allylic oxidation sites excluding steroid dienone is 1. The molecule has 0 heterocycles. The van der Waals surface area contributed by atoms with Gasteiger partial charge in [0.05, 0.1) is 12.5 Å². The van der Waals surface area contributed by atoms with Crippen LogP contribution in [0.1, 0.15) is 26.2 Å². The Morgan fingerprint density at radius 1 is 1.64 bits per heavy atom. The van der Waals surface area contributed by atoms with Crippen LogP contribution in [0.3, 0.4) is 0 Å². The first kappa shape index (κ1) is 10.2. The zero-order valence-corrected chi connectivity index (χ0v) is 6.71. The van der Waals surface area contributed by atoms with E-state index in [9.17, 15) is 4.79 Å². The number of hydrogen-bond donors (Lipinski definition) is 2. The molecule has 0 aromatic rings. The minimum atomic E-state index is -0.959. The highest BCUT2D eigenvalue weighted by molar-refractivity contribution is 5.67. The molecule has 0 aliphatic heterocycles. The Bertz CT molecular complexity index is 151. The molecule has 0 spiro atoms. The molecular weight excluding hydrogens is 144 g/mol. The molecule has 0 saturated heterocycles. The molecule has 0 aliphatic carbocycles. The van der Waals surface area contributed by atoms with Crippen molar-refractivity contribution in [2.75, 3.05) is 0 Å². The third kappa shape index (κ3) is 7.06. The molecule has 0 fully saturated rings. The number of hydrogen-bond acceptors (Lipinski definition) is 2. The summed E-state index contributed by atoms with van der Waals surface area (Å²) >= 11 is 0. The van der Waals surface area contributed by atoms with Gasteiger partial charge in [-0.05, 0) is 19.8 Å². The van der Waals surface area contributed by atoms with E-state index in [1.807, 2.05) is 6.92 Å². The summed E-state index contributed by atoms with van der Waals surface area (Å²) in [6.07, 6.45) is 0.271. The number of carboxylic acids is 1. The van der Waals surface area contributed by atoms with E-state index < -0.39 is 12.1 Å². The summed E-state index contributed by atoms with van der Waals surface area (Å²) in [6.45, 7) is 5.50. The smallest absolute Gasteiger partial charge is 0.305 e. The molecule has 3 nitrogen and oxygen atoms in total. The molecule has 0 saturated carbocycles. The van der Waals surface area contributed by atoms with Crippen molar-refractivity contribution in [2.24, 2.45) is 0 Å². The van der Waals surface area contributed by atoms with Crippen LogP contribution in [-0.4, -0.2) is 22.3 Å². The van der Waals surface area contributed by atoms with Crippen LogP contribution in [0.15, 0.2) is 12.2 Å². The van der Waals surface area contributed by atoms with Gasteiger partial charge in [-0.25, -0.2) is 0 Å². The van der Waals surface area contributed by atoms with Gasteiger partial charge in [-0.1, -0.05) is 5.57 Å². The van der Waals surface area contributed by atoms with Gasteiger partial charge in [0.2, 0.25) is 0 Å². The van der Waals surface area contributed by atoms with E-state index in [1.54, 1.807) is 0 Å². The van der Waals surface area contributed by atoms with Gasteiger partial charge in [-0.2, -0.15) is 0 Å². The highest BCUT2D eigenvalue weighted by Crippen LogP contribution is 2.06. The maximum atomic E-state index is 10.1. The summed E-state index contributed by atoms with van der Waals surface area (Å²) < 4.78 is 0. The fraction of sp³-hybridized carbons (Fsp3) is 0.625. The Kier molecular flexibility index (Phi) is 4.54.